The van der Waals surface area contributed by atoms with Crippen molar-refractivity contribution in [2.45, 2.75) is 44.1 Å². The molecular weight excluding hydrogens is 264 g/mol. The first-order valence-corrected chi connectivity index (χ1v) is 8.36. The Morgan fingerprint density at radius 1 is 1.58 bits per heavy atom. The maximum absolute atomic E-state index is 12.4. The van der Waals surface area contributed by atoms with E-state index in [2.05, 4.69) is 5.32 Å². The number of fused-ring (bicyclic) bond motifs is 1. The van der Waals surface area contributed by atoms with Gasteiger partial charge in [0.25, 0.3) is 0 Å². The third kappa shape index (κ3) is 2.04. The van der Waals surface area contributed by atoms with Crippen LogP contribution >= 0.6 is 0 Å². The molecule has 0 spiro atoms. The molecule has 2 aliphatic rings. The van der Waals surface area contributed by atoms with Gasteiger partial charge >= 0.3 is 0 Å². The molecule has 1 heterocycles. The van der Waals surface area contributed by atoms with Crippen molar-refractivity contribution >= 4 is 16.7 Å². The summed E-state index contributed by atoms with van der Waals surface area (Å²) in [5.41, 5.74) is 5.18. The first kappa shape index (κ1) is 14.9. The highest BCUT2D eigenvalue weighted by Gasteiger charge is 2.71. The van der Waals surface area contributed by atoms with Crippen LogP contribution in [-0.4, -0.2) is 46.4 Å². The van der Waals surface area contributed by atoms with Crippen molar-refractivity contribution in [3.8, 4) is 0 Å². The Labute approximate surface area is 117 Å². The summed E-state index contributed by atoms with van der Waals surface area (Å²) < 4.78 is 17.0. The predicted octanol–water partition coefficient (Wildman–Crippen LogP) is 0.0120. The van der Waals surface area contributed by atoms with Crippen molar-refractivity contribution in [3.05, 3.63) is 0 Å². The average molecular weight is 288 g/mol. The van der Waals surface area contributed by atoms with Gasteiger partial charge in [0, 0.05) is 46.8 Å². The number of hydrogen-bond donors (Lipinski definition) is 2. The van der Waals surface area contributed by atoms with E-state index in [-0.39, 0.29) is 28.6 Å². The smallest absolute Gasteiger partial charge is 0.241 e. The number of amides is 1. The minimum atomic E-state index is -0.942. The van der Waals surface area contributed by atoms with Crippen molar-refractivity contribution in [1.29, 1.82) is 0 Å². The quantitative estimate of drug-likeness (QED) is 0.763. The van der Waals surface area contributed by atoms with E-state index in [9.17, 15) is 9.00 Å². The van der Waals surface area contributed by atoms with Gasteiger partial charge < -0.3 is 15.8 Å². The second-order valence-electron chi connectivity index (χ2n) is 6.30. The van der Waals surface area contributed by atoms with Crippen molar-refractivity contribution in [3.63, 3.8) is 0 Å². The molecule has 110 valence electrons. The Balaban J connectivity index is 2.04. The zero-order valence-corrected chi connectivity index (χ0v) is 12.9. The number of nitrogens with one attached hydrogen (secondary N) is 1. The Morgan fingerprint density at radius 2 is 2.21 bits per heavy atom. The lowest BCUT2D eigenvalue weighted by Gasteiger charge is -2.60. The molecule has 6 heteroatoms. The molecule has 0 aromatic rings. The predicted molar refractivity (Wildman–Crippen MR) is 75.1 cm³/mol. The highest BCUT2D eigenvalue weighted by molar-refractivity contribution is 7.84. The first-order chi connectivity index (χ1) is 8.73. The Bertz CT molecular complexity index is 413. The summed E-state index contributed by atoms with van der Waals surface area (Å²) in [5.74, 6) is -0.0357. The average Bonchev–Trinajstić information content (AvgIpc) is 2.82. The first-order valence-electron chi connectivity index (χ1n) is 6.74. The number of hydrogen-bond acceptors (Lipinski definition) is 4. The van der Waals surface area contributed by atoms with Crippen LogP contribution < -0.4 is 11.1 Å². The third-order valence-corrected chi connectivity index (χ3v) is 6.25. The van der Waals surface area contributed by atoms with Crippen LogP contribution in [0.1, 0.15) is 27.2 Å². The van der Waals surface area contributed by atoms with E-state index in [1.807, 2.05) is 20.8 Å². The van der Waals surface area contributed by atoms with Gasteiger partial charge in [-0.2, -0.15) is 0 Å². The molecule has 2 rings (SSSR count). The largest absolute Gasteiger partial charge is 0.377 e. The summed E-state index contributed by atoms with van der Waals surface area (Å²) in [6, 6.07) is 0. The number of rotatable bonds is 4. The standard InChI is InChI=1S/C13H24N2O3S/c1-8(19(4)17)7-15-11(16)13(14)9-5-6-18-10(9)12(13,2)3/h8-10H,5-7,14H2,1-4H3,(H,15,16). The highest BCUT2D eigenvalue weighted by atomic mass is 32.2. The molecule has 1 aliphatic heterocycles. The molecular formula is C13H24N2O3S. The maximum atomic E-state index is 12.4. The molecule has 0 aromatic carbocycles. The van der Waals surface area contributed by atoms with E-state index in [0.717, 1.165) is 6.42 Å². The van der Waals surface area contributed by atoms with Gasteiger partial charge in [-0.25, -0.2) is 0 Å². The third-order valence-electron chi connectivity index (χ3n) is 4.95. The SMILES string of the molecule is CC(CNC(=O)C1(N)C2CCOC2C1(C)C)S(C)=O. The summed E-state index contributed by atoms with van der Waals surface area (Å²) in [5, 5.41) is 2.80. The van der Waals surface area contributed by atoms with E-state index < -0.39 is 16.3 Å². The van der Waals surface area contributed by atoms with Gasteiger partial charge in [0.15, 0.2) is 0 Å². The van der Waals surface area contributed by atoms with E-state index in [4.69, 9.17) is 10.5 Å². The van der Waals surface area contributed by atoms with Gasteiger partial charge in [-0.05, 0) is 13.3 Å². The zero-order chi connectivity index (χ0) is 14.4. The fourth-order valence-electron chi connectivity index (χ4n) is 3.35. The number of ether oxygens (including phenoxy) is 1. The van der Waals surface area contributed by atoms with Crippen LogP contribution in [0.3, 0.4) is 0 Å². The van der Waals surface area contributed by atoms with Crippen LogP contribution in [0.25, 0.3) is 0 Å². The van der Waals surface area contributed by atoms with E-state index in [0.29, 0.717) is 13.2 Å². The monoisotopic (exact) mass is 288 g/mol. The molecule has 0 aromatic heterocycles. The van der Waals surface area contributed by atoms with Crippen LogP contribution in [-0.2, 0) is 20.3 Å². The Kier molecular flexibility index (Phi) is 3.79. The number of carbonyl (C=O) groups is 1. The molecule has 5 nitrogen and oxygen atoms in total. The lowest BCUT2D eigenvalue weighted by Crippen LogP contribution is -2.80. The summed E-state index contributed by atoms with van der Waals surface area (Å²) in [6.07, 6.45) is 2.57. The van der Waals surface area contributed by atoms with Crippen LogP contribution in [0.15, 0.2) is 0 Å². The second kappa shape index (κ2) is 4.82. The van der Waals surface area contributed by atoms with Gasteiger partial charge in [-0.3, -0.25) is 9.00 Å². The lowest BCUT2D eigenvalue weighted by atomic mass is 9.48. The minimum Gasteiger partial charge on any atom is -0.377 e. The van der Waals surface area contributed by atoms with Crippen molar-refractivity contribution < 1.29 is 13.7 Å². The van der Waals surface area contributed by atoms with Crippen molar-refractivity contribution in [2.75, 3.05) is 19.4 Å². The number of carbonyl (C=O) groups excluding carboxylic acids is 1. The van der Waals surface area contributed by atoms with Gasteiger partial charge in [0.2, 0.25) is 5.91 Å². The molecule has 3 N–H and O–H groups in total. The molecule has 1 amide bonds. The van der Waals surface area contributed by atoms with Gasteiger partial charge in [0.05, 0.1) is 6.10 Å². The normalized spacial score (nSPS) is 39.0. The topological polar surface area (TPSA) is 81.4 Å². The molecule has 5 atom stereocenters. The zero-order valence-electron chi connectivity index (χ0n) is 12.1. The van der Waals surface area contributed by atoms with Gasteiger partial charge in [-0.1, -0.05) is 13.8 Å². The molecule has 2 fully saturated rings. The van der Waals surface area contributed by atoms with Crippen LogP contribution in [0.2, 0.25) is 0 Å². The van der Waals surface area contributed by atoms with Crippen LogP contribution in [0, 0.1) is 11.3 Å². The van der Waals surface area contributed by atoms with Crippen molar-refractivity contribution in [2.24, 2.45) is 17.1 Å². The van der Waals surface area contributed by atoms with E-state index in [1.54, 1.807) is 6.26 Å². The molecule has 5 unspecified atom stereocenters. The molecule has 0 bridgehead atoms. The summed E-state index contributed by atoms with van der Waals surface area (Å²) in [7, 11) is -0.942. The highest BCUT2D eigenvalue weighted by Crippen LogP contribution is 2.58. The van der Waals surface area contributed by atoms with E-state index in [1.165, 1.54) is 0 Å². The molecule has 19 heavy (non-hydrogen) atoms. The summed E-state index contributed by atoms with van der Waals surface area (Å²) >= 11 is 0. The van der Waals surface area contributed by atoms with Gasteiger partial charge in [-0.15, -0.1) is 0 Å². The van der Waals surface area contributed by atoms with Crippen molar-refractivity contribution in [1.82, 2.24) is 5.32 Å². The molecule has 0 radical (unpaired) electrons. The summed E-state index contributed by atoms with van der Waals surface area (Å²) in [4.78, 5) is 12.4. The Morgan fingerprint density at radius 3 is 2.79 bits per heavy atom. The maximum Gasteiger partial charge on any atom is 0.241 e. The molecule has 1 saturated carbocycles. The minimum absolute atomic E-state index is 0.0636. The van der Waals surface area contributed by atoms with Crippen LogP contribution in [0.5, 0.6) is 0 Å². The fraction of sp³-hybridized carbons (Fsp3) is 0.923. The lowest BCUT2D eigenvalue weighted by molar-refractivity contribution is -0.175. The van der Waals surface area contributed by atoms with E-state index >= 15 is 0 Å². The Hall–Kier alpha value is -0.460. The van der Waals surface area contributed by atoms with Gasteiger partial charge in [0.1, 0.15) is 5.54 Å². The number of nitrogens with two attached hydrogens (primary N) is 1. The second-order valence-corrected chi connectivity index (χ2v) is 8.10. The fourth-order valence-corrected chi connectivity index (χ4v) is 3.66. The summed E-state index contributed by atoms with van der Waals surface area (Å²) in [6.45, 7) is 6.91. The molecule has 1 aliphatic carbocycles. The van der Waals surface area contributed by atoms with Crippen LogP contribution in [0.4, 0.5) is 0 Å². The molecule has 1 saturated heterocycles.